The fraction of sp³-hybridized carbons (Fsp3) is 0.231. The van der Waals surface area contributed by atoms with Crippen molar-refractivity contribution in [2.24, 2.45) is 0 Å². The number of carbonyl (C=O) groups is 1. The second-order valence-electron chi connectivity index (χ2n) is 3.87. The van der Waals surface area contributed by atoms with Crippen molar-refractivity contribution < 1.29 is 4.79 Å². The number of rotatable bonds is 4. The highest BCUT2D eigenvalue weighted by molar-refractivity contribution is 7.16. The molecule has 2 aromatic rings. The molecule has 0 aliphatic heterocycles. The van der Waals surface area contributed by atoms with Gasteiger partial charge >= 0.3 is 0 Å². The van der Waals surface area contributed by atoms with Gasteiger partial charge in [-0.3, -0.25) is 4.79 Å². The monoisotopic (exact) mass is 314 g/mol. The molecule has 3 nitrogen and oxygen atoms in total. The summed E-state index contributed by atoms with van der Waals surface area (Å²) in [5, 5.41) is 0.320. The van der Waals surface area contributed by atoms with Crippen molar-refractivity contribution in [1.82, 2.24) is 9.88 Å². The van der Waals surface area contributed by atoms with Gasteiger partial charge in [-0.05, 0) is 31.2 Å². The summed E-state index contributed by atoms with van der Waals surface area (Å²) in [4.78, 5) is 19.1. The first-order valence-electron chi connectivity index (χ1n) is 5.76. The minimum Gasteiger partial charge on any atom is -0.332 e. The minimum atomic E-state index is -0.130. The van der Waals surface area contributed by atoms with Crippen molar-refractivity contribution in [2.75, 3.05) is 6.54 Å². The number of amides is 1. The van der Waals surface area contributed by atoms with Crippen LogP contribution in [0.2, 0.25) is 9.49 Å². The molecule has 2 aromatic heterocycles. The van der Waals surface area contributed by atoms with E-state index in [2.05, 4.69) is 4.98 Å². The standard InChI is InChI=1S/C13H12Cl2N2OS/c1-2-17(8-9-6-7-12(15)19-9)13(18)10-4-3-5-11(14)16-10/h3-7H,2,8H2,1H3. The molecule has 1 amide bonds. The third-order valence-corrected chi connectivity index (χ3v) is 4.01. The van der Waals surface area contributed by atoms with Gasteiger partial charge in [-0.2, -0.15) is 0 Å². The van der Waals surface area contributed by atoms with Gasteiger partial charge in [-0.25, -0.2) is 4.98 Å². The molecule has 0 aromatic carbocycles. The Morgan fingerprint density at radius 2 is 2.11 bits per heavy atom. The van der Waals surface area contributed by atoms with Crippen LogP contribution in [0, 0.1) is 0 Å². The highest BCUT2D eigenvalue weighted by Gasteiger charge is 2.16. The second kappa shape index (κ2) is 6.37. The Morgan fingerprint density at radius 3 is 2.68 bits per heavy atom. The number of thiophene rings is 1. The van der Waals surface area contributed by atoms with Crippen molar-refractivity contribution in [3.05, 3.63) is 50.4 Å². The molecular formula is C13H12Cl2N2OS. The summed E-state index contributed by atoms with van der Waals surface area (Å²) in [5.74, 6) is -0.130. The van der Waals surface area contributed by atoms with Gasteiger partial charge in [0.2, 0.25) is 0 Å². The predicted octanol–water partition coefficient (Wildman–Crippen LogP) is 4.11. The van der Waals surface area contributed by atoms with E-state index in [0.29, 0.717) is 23.9 Å². The summed E-state index contributed by atoms with van der Waals surface area (Å²) >= 11 is 13.2. The van der Waals surface area contributed by atoms with E-state index in [1.165, 1.54) is 11.3 Å². The molecule has 0 radical (unpaired) electrons. The van der Waals surface area contributed by atoms with Crippen LogP contribution >= 0.6 is 34.5 Å². The third-order valence-electron chi connectivity index (χ3n) is 2.58. The van der Waals surface area contributed by atoms with Crippen LogP contribution in [0.1, 0.15) is 22.3 Å². The topological polar surface area (TPSA) is 33.2 Å². The molecule has 0 atom stereocenters. The van der Waals surface area contributed by atoms with E-state index in [1.807, 2.05) is 19.1 Å². The maximum atomic E-state index is 12.3. The van der Waals surface area contributed by atoms with Crippen molar-refractivity contribution >= 4 is 40.4 Å². The molecule has 0 aliphatic rings. The van der Waals surface area contributed by atoms with Crippen LogP contribution in [0.3, 0.4) is 0 Å². The lowest BCUT2D eigenvalue weighted by atomic mass is 10.3. The summed E-state index contributed by atoms with van der Waals surface area (Å²) in [5.41, 5.74) is 0.358. The van der Waals surface area contributed by atoms with E-state index >= 15 is 0 Å². The Morgan fingerprint density at radius 1 is 1.32 bits per heavy atom. The van der Waals surface area contributed by atoms with Crippen LogP contribution in [-0.4, -0.2) is 22.3 Å². The molecule has 2 heterocycles. The van der Waals surface area contributed by atoms with E-state index in [1.54, 1.807) is 23.1 Å². The Hall–Kier alpha value is -1.10. The first kappa shape index (κ1) is 14.3. The zero-order valence-electron chi connectivity index (χ0n) is 10.3. The van der Waals surface area contributed by atoms with Crippen LogP contribution in [0.15, 0.2) is 30.3 Å². The average Bonchev–Trinajstić information content (AvgIpc) is 2.81. The predicted molar refractivity (Wildman–Crippen MR) is 79.0 cm³/mol. The molecule has 100 valence electrons. The second-order valence-corrected chi connectivity index (χ2v) is 6.06. The van der Waals surface area contributed by atoms with E-state index in [9.17, 15) is 4.79 Å². The fourth-order valence-electron chi connectivity index (χ4n) is 1.64. The molecule has 0 fully saturated rings. The van der Waals surface area contributed by atoms with Gasteiger partial charge in [0.25, 0.3) is 5.91 Å². The smallest absolute Gasteiger partial charge is 0.272 e. The molecule has 0 saturated carbocycles. The molecular weight excluding hydrogens is 303 g/mol. The van der Waals surface area contributed by atoms with Crippen molar-refractivity contribution in [2.45, 2.75) is 13.5 Å². The summed E-state index contributed by atoms with van der Waals surface area (Å²) in [6.07, 6.45) is 0. The van der Waals surface area contributed by atoms with Gasteiger partial charge in [0.15, 0.2) is 0 Å². The highest BCUT2D eigenvalue weighted by atomic mass is 35.5. The fourth-order valence-corrected chi connectivity index (χ4v) is 2.91. The van der Waals surface area contributed by atoms with Gasteiger partial charge in [-0.1, -0.05) is 29.3 Å². The van der Waals surface area contributed by atoms with Gasteiger partial charge in [0.05, 0.1) is 10.9 Å². The van der Waals surface area contributed by atoms with Crippen molar-refractivity contribution in [3.63, 3.8) is 0 Å². The first-order chi connectivity index (χ1) is 9.10. The molecule has 19 heavy (non-hydrogen) atoms. The van der Waals surface area contributed by atoms with E-state index in [0.717, 1.165) is 9.21 Å². The van der Waals surface area contributed by atoms with E-state index in [-0.39, 0.29) is 5.91 Å². The van der Waals surface area contributed by atoms with Crippen LogP contribution in [0.4, 0.5) is 0 Å². The maximum absolute atomic E-state index is 12.3. The zero-order chi connectivity index (χ0) is 13.8. The number of hydrogen-bond acceptors (Lipinski definition) is 3. The molecule has 0 saturated heterocycles. The summed E-state index contributed by atoms with van der Waals surface area (Å²) in [6.45, 7) is 3.06. The quantitative estimate of drug-likeness (QED) is 0.796. The lowest BCUT2D eigenvalue weighted by Gasteiger charge is -2.19. The SMILES string of the molecule is CCN(Cc1ccc(Cl)s1)C(=O)c1cccc(Cl)n1. The van der Waals surface area contributed by atoms with Crippen LogP contribution < -0.4 is 0 Å². The number of halogens is 2. The zero-order valence-corrected chi connectivity index (χ0v) is 12.6. The average molecular weight is 315 g/mol. The van der Waals surface area contributed by atoms with E-state index < -0.39 is 0 Å². The molecule has 0 unspecified atom stereocenters. The Bertz CT molecular complexity index is 586. The van der Waals surface area contributed by atoms with Gasteiger partial charge in [-0.15, -0.1) is 11.3 Å². The number of hydrogen-bond donors (Lipinski definition) is 0. The first-order valence-corrected chi connectivity index (χ1v) is 7.33. The molecule has 0 N–H and O–H groups in total. The Kier molecular flexibility index (Phi) is 4.80. The lowest BCUT2D eigenvalue weighted by molar-refractivity contribution is 0.0748. The molecule has 6 heteroatoms. The van der Waals surface area contributed by atoms with Gasteiger partial charge < -0.3 is 4.90 Å². The Labute approximate surface area is 125 Å². The minimum absolute atomic E-state index is 0.130. The molecule has 0 spiro atoms. The van der Waals surface area contributed by atoms with Crippen LogP contribution in [0.25, 0.3) is 0 Å². The van der Waals surface area contributed by atoms with Gasteiger partial charge in [0.1, 0.15) is 10.8 Å². The van der Waals surface area contributed by atoms with Gasteiger partial charge in [0, 0.05) is 11.4 Å². The number of carbonyl (C=O) groups excluding carboxylic acids is 1. The number of pyridine rings is 1. The molecule has 2 rings (SSSR count). The third kappa shape index (κ3) is 3.69. The number of aromatic nitrogens is 1. The highest BCUT2D eigenvalue weighted by Crippen LogP contribution is 2.23. The Balaban J connectivity index is 2.15. The lowest BCUT2D eigenvalue weighted by Crippen LogP contribution is -2.30. The molecule has 0 bridgehead atoms. The summed E-state index contributed by atoms with van der Waals surface area (Å²) in [7, 11) is 0. The van der Waals surface area contributed by atoms with Crippen LogP contribution in [0.5, 0.6) is 0 Å². The summed E-state index contributed by atoms with van der Waals surface area (Å²) in [6, 6.07) is 8.79. The molecule has 0 aliphatic carbocycles. The van der Waals surface area contributed by atoms with E-state index in [4.69, 9.17) is 23.2 Å². The van der Waals surface area contributed by atoms with Crippen molar-refractivity contribution in [3.8, 4) is 0 Å². The maximum Gasteiger partial charge on any atom is 0.272 e. The normalized spacial score (nSPS) is 10.5. The summed E-state index contributed by atoms with van der Waals surface area (Å²) < 4.78 is 0.722. The van der Waals surface area contributed by atoms with Crippen LogP contribution in [-0.2, 0) is 6.54 Å². The van der Waals surface area contributed by atoms with Crippen molar-refractivity contribution in [1.29, 1.82) is 0 Å². The largest absolute Gasteiger partial charge is 0.332 e. The number of nitrogens with zero attached hydrogens (tertiary/aromatic N) is 2.